The molecule has 1 aliphatic rings. The summed E-state index contributed by atoms with van der Waals surface area (Å²) in [6, 6.07) is 4.33. The van der Waals surface area contributed by atoms with Gasteiger partial charge in [0.2, 0.25) is 10.0 Å². The predicted octanol–water partition coefficient (Wildman–Crippen LogP) is 0.921. The molecule has 1 atom stereocenters. The van der Waals surface area contributed by atoms with E-state index in [0.29, 0.717) is 18.7 Å². The molecule has 8 heteroatoms. The SMILES string of the molecule is CN(CC1CCCO1)S(=O)(=O)c1ccc2[nH]c(=O)oc2c1. The number of aromatic amines is 1. The van der Waals surface area contributed by atoms with Crippen molar-refractivity contribution in [3.63, 3.8) is 0 Å². The molecule has 1 unspecified atom stereocenters. The van der Waals surface area contributed by atoms with Gasteiger partial charge in [-0.3, -0.25) is 4.98 Å². The van der Waals surface area contributed by atoms with Crippen LogP contribution in [0.4, 0.5) is 0 Å². The van der Waals surface area contributed by atoms with Gasteiger partial charge in [-0.2, -0.15) is 4.31 Å². The molecule has 0 bridgehead atoms. The first-order chi connectivity index (χ1) is 9.96. The molecule has 2 heterocycles. The highest BCUT2D eigenvalue weighted by atomic mass is 32.2. The van der Waals surface area contributed by atoms with Gasteiger partial charge in [0.05, 0.1) is 16.5 Å². The van der Waals surface area contributed by atoms with Crippen molar-refractivity contribution in [2.75, 3.05) is 20.2 Å². The number of hydrogen-bond acceptors (Lipinski definition) is 5. The summed E-state index contributed by atoms with van der Waals surface area (Å²) in [6.45, 7) is 0.997. The van der Waals surface area contributed by atoms with Crippen LogP contribution in [0.3, 0.4) is 0 Å². The smallest absolute Gasteiger partial charge is 0.408 e. The van der Waals surface area contributed by atoms with Crippen LogP contribution in [0.2, 0.25) is 0 Å². The van der Waals surface area contributed by atoms with Crippen molar-refractivity contribution < 1.29 is 17.6 Å². The Labute approximate surface area is 121 Å². The first-order valence-electron chi connectivity index (χ1n) is 6.67. The Kier molecular flexibility index (Phi) is 3.60. The van der Waals surface area contributed by atoms with E-state index in [-0.39, 0.29) is 16.6 Å². The van der Waals surface area contributed by atoms with Crippen LogP contribution in [0.15, 0.2) is 32.3 Å². The average molecular weight is 312 g/mol. The molecule has 0 spiro atoms. The quantitative estimate of drug-likeness (QED) is 0.906. The molecule has 21 heavy (non-hydrogen) atoms. The van der Waals surface area contributed by atoms with Gasteiger partial charge in [0.15, 0.2) is 5.58 Å². The molecular weight excluding hydrogens is 296 g/mol. The largest absolute Gasteiger partial charge is 0.417 e. The van der Waals surface area contributed by atoms with Crippen molar-refractivity contribution in [1.82, 2.24) is 9.29 Å². The van der Waals surface area contributed by atoms with Gasteiger partial charge >= 0.3 is 5.76 Å². The number of benzene rings is 1. The van der Waals surface area contributed by atoms with Crippen molar-refractivity contribution >= 4 is 21.1 Å². The molecule has 114 valence electrons. The molecule has 1 N–H and O–H groups in total. The van der Waals surface area contributed by atoms with Crippen LogP contribution in [0.25, 0.3) is 11.1 Å². The maximum atomic E-state index is 12.5. The second-order valence-corrected chi connectivity index (χ2v) is 7.14. The molecule has 1 aromatic heterocycles. The molecule has 0 amide bonds. The summed E-state index contributed by atoms with van der Waals surface area (Å²) >= 11 is 0. The van der Waals surface area contributed by atoms with Crippen LogP contribution < -0.4 is 5.76 Å². The lowest BCUT2D eigenvalue weighted by atomic mass is 10.2. The van der Waals surface area contributed by atoms with E-state index in [1.165, 1.54) is 29.6 Å². The van der Waals surface area contributed by atoms with Crippen LogP contribution in [-0.4, -0.2) is 44.0 Å². The summed E-state index contributed by atoms with van der Waals surface area (Å²) in [5.41, 5.74) is 0.701. The number of nitrogens with one attached hydrogen (secondary N) is 1. The first kappa shape index (κ1) is 14.3. The van der Waals surface area contributed by atoms with E-state index in [2.05, 4.69) is 4.98 Å². The number of rotatable bonds is 4. The normalized spacial score (nSPS) is 19.6. The molecule has 1 aliphatic heterocycles. The number of ether oxygens (including phenoxy) is 1. The predicted molar refractivity (Wildman–Crippen MR) is 75.6 cm³/mol. The molecule has 2 aromatic rings. The first-order valence-corrected chi connectivity index (χ1v) is 8.11. The fraction of sp³-hybridized carbons (Fsp3) is 0.462. The Morgan fingerprint density at radius 3 is 2.95 bits per heavy atom. The lowest BCUT2D eigenvalue weighted by molar-refractivity contribution is 0.0979. The molecule has 0 radical (unpaired) electrons. The zero-order valence-corrected chi connectivity index (χ0v) is 12.4. The minimum atomic E-state index is -3.63. The Balaban J connectivity index is 1.89. The maximum absolute atomic E-state index is 12.5. The second-order valence-electron chi connectivity index (χ2n) is 5.09. The minimum Gasteiger partial charge on any atom is -0.408 e. The van der Waals surface area contributed by atoms with Gasteiger partial charge in [0, 0.05) is 26.3 Å². The summed E-state index contributed by atoms with van der Waals surface area (Å²) in [5, 5.41) is 0. The lowest BCUT2D eigenvalue weighted by Crippen LogP contribution is -2.34. The Hall–Kier alpha value is -1.64. The van der Waals surface area contributed by atoms with Crippen molar-refractivity contribution in [1.29, 1.82) is 0 Å². The van der Waals surface area contributed by atoms with E-state index in [1.54, 1.807) is 0 Å². The number of fused-ring (bicyclic) bond motifs is 1. The molecule has 1 fully saturated rings. The molecule has 1 saturated heterocycles. The number of aromatic nitrogens is 1. The highest BCUT2D eigenvalue weighted by molar-refractivity contribution is 7.89. The molecular formula is C13H16N2O5S. The summed E-state index contributed by atoms with van der Waals surface area (Å²) < 4.78 is 36.6. The number of likely N-dealkylation sites (N-methyl/N-ethyl adjacent to an activating group) is 1. The maximum Gasteiger partial charge on any atom is 0.417 e. The van der Waals surface area contributed by atoms with Crippen molar-refractivity contribution in [3.05, 3.63) is 28.7 Å². The number of oxazole rings is 1. The monoisotopic (exact) mass is 312 g/mol. The third-order valence-electron chi connectivity index (χ3n) is 3.59. The highest BCUT2D eigenvalue weighted by Gasteiger charge is 2.26. The zero-order chi connectivity index (χ0) is 15.0. The molecule has 0 saturated carbocycles. The Morgan fingerprint density at radius 1 is 1.43 bits per heavy atom. The molecule has 7 nitrogen and oxygen atoms in total. The van der Waals surface area contributed by atoms with Crippen LogP contribution >= 0.6 is 0 Å². The van der Waals surface area contributed by atoms with Gasteiger partial charge in [-0.25, -0.2) is 13.2 Å². The highest BCUT2D eigenvalue weighted by Crippen LogP contribution is 2.21. The Morgan fingerprint density at radius 2 is 2.24 bits per heavy atom. The summed E-state index contributed by atoms with van der Waals surface area (Å²) in [4.78, 5) is 13.7. The van der Waals surface area contributed by atoms with E-state index in [9.17, 15) is 13.2 Å². The summed E-state index contributed by atoms with van der Waals surface area (Å²) in [7, 11) is -2.11. The minimum absolute atomic E-state index is 0.0568. The molecule has 1 aromatic carbocycles. The van der Waals surface area contributed by atoms with Crippen LogP contribution in [-0.2, 0) is 14.8 Å². The zero-order valence-electron chi connectivity index (χ0n) is 11.5. The molecule has 3 rings (SSSR count). The van der Waals surface area contributed by atoms with Crippen molar-refractivity contribution in [2.45, 2.75) is 23.8 Å². The van der Waals surface area contributed by atoms with Crippen LogP contribution in [0.5, 0.6) is 0 Å². The van der Waals surface area contributed by atoms with E-state index < -0.39 is 15.8 Å². The Bertz CT molecular complexity index is 801. The van der Waals surface area contributed by atoms with Crippen LogP contribution in [0.1, 0.15) is 12.8 Å². The lowest BCUT2D eigenvalue weighted by Gasteiger charge is -2.20. The number of H-pyrrole nitrogens is 1. The van der Waals surface area contributed by atoms with Crippen LogP contribution in [0, 0.1) is 0 Å². The fourth-order valence-electron chi connectivity index (χ4n) is 2.44. The van der Waals surface area contributed by atoms with E-state index in [1.807, 2.05) is 0 Å². The van der Waals surface area contributed by atoms with Crippen molar-refractivity contribution in [2.24, 2.45) is 0 Å². The number of nitrogens with zero attached hydrogens (tertiary/aromatic N) is 1. The van der Waals surface area contributed by atoms with E-state index >= 15 is 0 Å². The fourth-order valence-corrected chi connectivity index (χ4v) is 3.66. The average Bonchev–Trinajstić information content (AvgIpc) is 3.05. The molecule has 0 aliphatic carbocycles. The number of sulfonamides is 1. The topological polar surface area (TPSA) is 92.6 Å². The number of hydrogen-bond donors (Lipinski definition) is 1. The van der Waals surface area contributed by atoms with Gasteiger partial charge < -0.3 is 9.15 Å². The third kappa shape index (κ3) is 2.74. The van der Waals surface area contributed by atoms with Gasteiger partial charge in [0.1, 0.15) is 0 Å². The van der Waals surface area contributed by atoms with E-state index in [4.69, 9.17) is 9.15 Å². The van der Waals surface area contributed by atoms with E-state index in [0.717, 1.165) is 12.8 Å². The second kappa shape index (κ2) is 5.28. The van der Waals surface area contributed by atoms with Gasteiger partial charge in [-0.1, -0.05) is 0 Å². The summed E-state index contributed by atoms with van der Waals surface area (Å²) in [6.07, 6.45) is 1.77. The third-order valence-corrected chi connectivity index (χ3v) is 5.40. The summed E-state index contributed by atoms with van der Waals surface area (Å²) in [5.74, 6) is -0.604. The standard InChI is InChI=1S/C13H16N2O5S/c1-15(8-9-3-2-6-19-9)21(17,18)10-4-5-11-12(7-10)20-13(16)14-11/h4-5,7,9H,2-3,6,8H2,1H3,(H,14,16). The van der Waals surface area contributed by atoms with Gasteiger partial charge in [-0.05, 0) is 25.0 Å². The van der Waals surface area contributed by atoms with Gasteiger partial charge in [-0.15, -0.1) is 0 Å². The van der Waals surface area contributed by atoms with Crippen molar-refractivity contribution in [3.8, 4) is 0 Å². The van der Waals surface area contributed by atoms with Gasteiger partial charge in [0.25, 0.3) is 0 Å².